The zero-order chi connectivity index (χ0) is 19.3. The van der Waals surface area contributed by atoms with Crippen molar-refractivity contribution in [3.8, 4) is 11.1 Å². The van der Waals surface area contributed by atoms with Crippen LogP contribution >= 0.6 is 0 Å². The summed E-state index contributed by atoms with van der Waals surface area (Å²) in [6.45, 7) is 9.78. The minimum absolute atomic E-state index is 0.0589. The lowest BCUT2D eigenvalue weighted by Crippen LogP contribution is -2.33. The van der Waals surface area contributed by atoms with Gasteiger partial charge in [0.2, 0.25) is 5.91 Å². The van der Waals surface area contributed by atoms with Gasteiger partial charge in [0.25, 0.3) is 0 Å². The topological polar surface area (TPSA) is 59.0 Å². The SMILES string of the molecule is Cc1cc(C)c(N2C(=O)C(C)(C)c3ccc(-c4cnc(C)nc4)cc32)cn1. The molecule has 4 rings (SSSR count). The van der Waals surface area contributed by atoms with Crippen molar-refractivity contribution < 1.29 is 4.79 Å². The number of aromatic nitrogens is 3. The molecule has 0 fully saturated rings. The minimum atomic E-state index is -0.588. The number of rotatable bonds is 2. The molecule has 0 unspecified atom stereocenters. The van der Waals surface area contributed by atoms with Crippen molar-refractivity contribution in [2.24, 2.45) is 0 Å². The van der Waals surface area contributed by atoms with E-state index in [1.807, 2.05) is 65.2 Å². The first-order valence-corrected chi connectivity index (χ1v) is 9.00. The van der Waals surface area contributed by atoms with Crippen molar-refractivity contribution in [3.63, 3.8) is 0 Å². The molecule has 136 valence electrons. The van der Waals surface area contributed by atoms with Crippen LogP contribution < -0.4 is 4.90 Å². The Morgan fingerprint density at radius 2 is 1.56 bits per heavy atom. The van der Waals surface area contributed by atoms with Crippen LogP contribution in [-0.4, -0.2) is 20.9 Å². The Bertz CT molecular complexity index is 1050. The smallest absolute Gasteiger partial charge is 0.241 e. The highest BCUT2D eigenvalue weighted by molar-refractivity contribution is 6.13. The molecule has 0 atom stereocenters. The summed E-state index contributed by atoms with van der Waals surface area (Å²) < 4.78 is 0. The van der Waals surface area contributed by atoms with Gasteiger partial charge in [-0.2, -0.15) is 0 Å². The van der Waals surface area contributed by atoms with E-state index in [0.29, 0.717) is 0 Å². The molecule has 2 aromatic heterocycles. The maximum absolute atomic E-state index is 13.3. The van der Waals surface area contributed by atoms with Gasteiger partial charge in [0.15, 0.2) is 0 Å². The van der Waals surface area contributed by atoms with Crippen molar-refractivity contribution in [1.29, 1.82) is 0 Å². The predicted molar refractivity (Wildman–Crippen MR) is 106 cm³/mol. The molecule has 0 saturated heterocycles. The molecule has 0 aliphatic carbocycles. The number of carbonyl (C=O) groups excluding carboxylic acids is 1. The fourth-order valence-corrected chi connectivity index (χ4v) is 3.63. The molecule has 1 aliphatic rings. The van der Waals surface area contributed by atoms with Gasteiger partial charge in [-0.3, -0.25) is 14.7 Å². The van der Waals surface area contributed by atoms with Gasteiger partial charge in [-0.05, 0) is 63.4 Å². The average molecular weight is 358 g/mol. The van der Waals surface area contributed by atoms with Crippen molar-refractivity contribution in [3.05, 3.63) is 65.5 Å². The van der Waals surface area contributed by atoms with E-state index >= 15 is 0 Å². The number of carbonyl (C=O) groups is 1. The van der Waals surface area contributed by atoms with E-state index in [0.717, 1.165) is 45.1 Å². The van der Waals surface area contributed by atoms with Gasteiger partial charge in [0, 0.05) is 23.7 Å². The molecule has 3 heterocycles. The maximum atomic E-state index is 13.3. The number of anilines is 2. The molecule has 1 aromatic carbocycles. The number of benzene rings is 1. The van der Waals surface area contributed by atoms with Crippen molar-refractivity contribution >= 4 is 17.3 Å². The molecule has 0 N–H and O–H groups in total. The number of fused-ring (bicyclic) bond motifs is 1. The molecule has 3 aromatic rings. The third kappa shape index (κ3) is 2.70. The highest BCUT2D eigenvalue weighted by Crippen LogP contribution is 2.47. The fourth-order valence-electron chi connectivity index (χ4n) is 3.63. The molecule has 0 saturated carbocycles. The summed E-state index contributed by atoms with van der Waals surface area (Å²) in [6, 6.07) is 8.13. The molecular weight excluding hydrogens is 336 g/mol. The Morgan fingerprint density at radius 1 is 0.852 bits per heavy atom. The molecule has 27 heavy (non-hydrogen) atoms. The normalized spacial score (nSPS) is 15.1. The van der Waals surface area contributed by atoms with Crippen LogP contribution in [0.3, 0.4) is 0 Å². The Morgan fingerprint density at radius 3 is 2.22 bits per heavy atom. The number of hydrogen-bond donors (Lipinski definition) is 0. The average Bonchev–Trinajstić information content (AvgIpc) is 2.82. The Hall–Kier alpha value is -3.08. The van der Waals surface area contributed by atoms with Gasteiger partial charge < -0.3 is 0 Å². The minimum Gasteiger partial charge on any atom is -0.278 e. The van der Waals surface area contributed by atoms with Gasteiger partial charge in [-0.15, -0.1) is 0 Å². The molecule has 0 radical (unpaired) electrons. The van der Waals surface area contributed by atoms with Crippen LogP contribution in [0.15, 0.2) is 42.9 Å². The fraction of sp³-hybridized carbons (Fsp3) is 0.273. The van der Waals surface area contributed by atoms with Crippen LogP contribution in [0.5, 0.6) is 0 Å². The second kappa shape index (κ2) is 5.98. The third-order valence-corrected chi connectivity index (χ3v) is 5.22. The number of aryl methyl sites for hydroxylation is 3. The van der Waals surface area contributed by atoms with Crippen LogP contribution in [0.2, 0.25) is 0 Å². The molecule has 5 heteroatoms. The molecule has 1 amide bonds. The number of pyridine rings is 1. The first-order chi connectivity index (χ1) is 12.8. The van der Waals surface area contributed by atoms with Crippen molar-refractivity contribution in [1.82, 2.24) is 15.0 Å². The van der Waals surface area contributed by atoms with E-state index in [-0.39, 0.29) is 5.91 Å². The first kappa shape index (κ1) is 17.3. The summed E-state index contributed by atoms with van der Waals surface area (Å²) in [6.07, 6.45) is 5.42. The predicted octanol–water partition coefficient (Wildman–Crippen LogP) is 4.42. The molecule has 5 nitrogen and oxygen atoms in total. The second-order valence-corrected chi connectivity index (χ2v) is 7.63. The van der Waals surface area contributed by atoms with Crippen molar-refractivity contribution in [2.75, 3.05) is 4.90 Å². The zero-order valence-electron chi connectivity index (χ0n) is 16.2. The molecular formula is C22H22N4O. The summed E-state index contributed by atoms with van der Waals surface area (Å²) in [7, 11) is 0. The summed E-state index contributed by atoms with van der Waals surface area (Å²) in [5.74, 6) is 0.794. The van der Waals surface area contributed by atoms with Crippen molar-refractivity contribution in [2.45, 2.75) is 40.0 Å². The van der Waals surface area contributed by atoms with E-state index < -0.39 is 5.41 Å². The first-order valence-electron chi connectivity index (χ1n) is 9.00. The van der Waals surface area contributed by atoms with Gasteiger partial charge in [0.1, 0.15) is 5.82 Å². The van der Waals surface area contributed by atoms with Crippen LogP contribution in [0.4, 0.5) is 11.4 Å². The van der Waals surface area contributed by atoms with Crippen LogP contribution in [0.25, 0.3) is 11.1 Å². The van der Waals surface area contributed by atoms with E-state index in [1.54, 1.807) is 11.1 Å². The van der Waals surface area contributed by atoms with Gasteiger partial charge in [0.05, 0.1) is 23.0 Å². The lowest BCUT2D eigenvalue weighted by Gasteiger charge is -2.22. The number of nitrogens with zero attached hydrogens (tertiary/aromatic N) is 4. The van der Waals surface area contributed by atoms with Crippen LogP contribution in [0.1, 0.15) is 36.5 Å². The van der Waals surface area contributed by atoms with E-state index in [4.69, 9.17) is 0 Å². The highest BCUT2D eigenvalue weighted by atomic mass is 16.2. The Balaban J connectivity index is 1.90. The second-order valence-electron chi connectivity index (χ2n) is 7.63. The summed E-state index contributed by atoms with van der Waals surface area (Å²) in [4.78, 5) is 28.1. The summed E-state index contributed by atoms with van der Waals surface area (Å²) in [5, 5.41) is 0. The van der Waals surface area contributed by atoms with Gasteiger partial charge >= 0.3 is 0 Å². The number of hydrogen-bond acceptors (Lipinski definition) is 4. The van der Waals surface area contributed by atoms with Gasteiger partial charge in [-0.25, -0.2) is 9.97 Å². The zero-order valence-corrected chi connectivity index (χ0v) is 16.2. The Kier molecular flexibility index (Phi) is 3.84. The molecule has 0 spiro atoms. The lowest BCUT2D eigenvalue weighted by atomic mass is 9.85. The Labute approximate surface area is 159 Å². The summed E-state index contributed by atoms with van der Waals surface area (Å²) in [5.41, 5.74) is 6.04. The van der Waals surface area contributed by atoms with E-state index in [9.17, 15) is 4.79 Å². The van der Waals surface area contributed by atoms with Crippen LogP contribution in [0, 0.1) is 20.8 Å². The van der Waals surface area contributed by atoms with E-state index in [2.05, 4.69) is 21.0 Å². The largest absolute Gasteiger partial charge is 0.278 e. The standard InChI is InChI=1S/C22H22N4O/c1-13-8-14(2)23-12-20(13)26-19-9-16(17-10-24-15(3)25-11-17)6-7-18(19)22(4,5)21(26)27/h6-12H,1-5H3. The van der Waals surface area contributed by atoms with E-state index in [1.165, 1.54) is 0 Å². The third-order valence-electron chi connectivity index (χ3n) is 5.22. The van der Waals surface area contributed by atoms with Crippen LogP contribution in [-0.2, 0) is 10.2 Å². The van der Waals surface area contributed by atoms with Gasteiger partial charge in [-0.1, -0.05) is 12.1 Å². The number of amides is 1. The quantitative estimate of drug-likeness (QED) is 0.680. The summed E-state index contributed by atoms with van der Waals surface area (Å²) >= 11 is 0. The molecule has 1 aliphatic heterocycles. The highest BCUT2D eigenvalue weighted by Gasteiger charge is 2.45. The monoisotopic (exact) mass is 358 g/mol. The lowest BCUT2D eigenvalue weighted by molar-refractivity contribution is -0.121. The molecule has 0 bridgehead atoms. The maximum Gasteiger partial charge on any atom is 0.241 e.